The van der Waals surface area contributed by atoms with Crippen molar-refractivity contribution in [3.63, 3.8) is 0 Å². The zero-order valence-corrected chi connectivity index (χ0v) is 15.6. The van der Waals surface area contributed by atoms with Crippen LogP contribution >= 0.6 is 0 Å². The van der Waals surface area contributed by atoms with Crippen LogP contribution in [0.2, 0.25) is 0 Å². The van der Waals surface area contributed by atoms with E-state index < -0.39 is 17.5 Å². The Kier molecular flexibility index (Phi) is 6.23. The predicted molar refractivity (Wildman–Crippen MR) is 103 cm³/mol. The summed E-state index contributed by atoms with van der Waals surface area (Å²) in [7, 11) is 1.65. The maximum atomic E-state index is 13.3. The first-order valence-electron chi connectivity index (χ1n) is 8.81. The van der Waals surface area contributed by atoms with E-state index in [1.54, 1.807) is 19.4 Å². The van der Waals surface area contributed by atoms with Gasteiger partial charge in [-0.25, -0.2) is 8.78 Å². The highest BCUT2D eigenvalue weighted by atomic mass is 19.2. The van der Waals surface area contributed by atoms with Crippen LogP contribution < -0.4 is 5.32 Å². The molecule has 29 heavy (non-hydrogen) atoms. The summed E-state index contributed by atoms with van der Waals surface area (Å²) >= 11 is 0. The third-order valence-corrected chi connectivity index (χ3v) is 4.25. The van der Waals surface area contributed by atoms with E-state index in [0.717, 1.165) is 17.7 Å². The van der Waals surface area contributed by atoms with Gasteiger partial charge >= 0.3 is 0 Å². The van der Waals surface area contributed by atoms with Crippen LogP contribution in [0.3, 0.4) is 0 Å². The lowest BCUT2D eigenvalue weighted by atomic mass is 10.1. The molecule has 0 spiro atoms. The van der Waals surface area contributed by atoms with E-state index in [0.29, 0.717) is 13.0 Å². The molecule has 1 aromatic carbocycles. The highest BCUT2D eigenvalue weighted by molar-refractivity contribution is 6.05. The number of hydrogen-bond acceptors (Lipinski definition) is 4. The molecule has 0 bridgehead atoms. The molecule has 0 atom stereocenters. The van der Waals surface area contributed by atoms with Gasteiger partial charge in [-0.15, -0.1) is 0 Å². The molecule has 3 aromatic rings. The number of carbonyl (C=O) groups excluding carboxylic acids is 2. The van der Waals surface area contributed by atoms with E-state index in [-0.39, 0.29) is 22.9 Å². The second kappa shape index (κ2) is 9.01. The minimum absolute atomic E-state index is 0.105. The van der Waals surface area contributed by atoms with Gasteiger partial charge in [-0.05, 0) is 48.4 Å². The van der Waals surface area contributed by atoms with E-state index in [9.17, 15) is 18.4 Å². The number of anilines is 1. The Labute approximate surface area is 166 Å². The number of hydrogen-bond donors (Lipinski definition) is 1. The minimum atomic E-state index is -1.07. The standard InChI is InChI=1S/C21H18F2N4O2/c1-27(11-7-14-4-8-24-9-5-14)21(29)19-12-15(6-10-25-19)20(28)26-16-2-3-17(22)18(23)13-16/h2-6,8-10,12-13H,7,11H2,1H3,(H,26,28). The monoisotopic (exact) mass is 396 g/mol. The second-order valence-electron chi connectivity index (χ2n) is 6.34. The first kappa shape index (κ1) is 20.1. The summed E-state index contributed by atoms with van der Waals surface area (Å²) < 4.78 is 26.3. The number of pyridine rings is 2. The first-order chi connectivity index (χ1) is 13.9. The molecule has 0 radical (unpaired) electrons. The van der Waals surface area contributed by atoms with Crippen LogP contribution in [-0.2, 0) is 6.42 Å². The molecule has 0 saturated carbocycles. The van der Waals surface area contributed by atoms with E-state index in [1.165, 1.54) is 29.3 Å². The van der Waals surface area contributed by atoms with E-state index in [2.05, 4.69) is 15.3 Å². The van der Waals surface area contributed by atoms with Crippen LogP contribution in [0, 0.1) is 11.6 Å². The van der Waals surface area contributed by atoms with Gasteiger partial charge in [-0.2, -0.15) is 0 Å². The van der Waals surface area contributed by atoms with Gasteiger partial charge in [0, 0.05) is 49.5 Å². The molecule has 3 rings (SSSR count). The Balaban J connectivity index is 1.66. The average molecular weight is 396 g/mol. The van der Waals surface area contributed by atoms with Crippen LogP contribution in [0.5, 0.6) is 0 Å². The number of nitrogens with one attached hydrogen (secondary N) is 1. The fraction of sp³-hybridized carbons (Fsp3) is 0.143. The summed E-state index contributed by atoms with van der Waals surface area (Å²) in [5.41, 5.74) is 1.44. The number of aromatic nitrogens is 2. The first-order valence-corrected chi connectivity index (χ1v) is 8.81. The van der Waals surface area contributed by atoms with Crippen LogP contribution in [0.25, 0.3) is 0 Å². The molecule has 2 heterocycles. The predicted octanol–water partition coefficient (Wildman–Crippen LogP) is 3.32. The zero-order valence-electron chi connectivity index (χ0n) is 15.6. The van der Waals surface area contributed by atoms with Crippen molar-refractivity contribution < 1.29 is 18.4 Å². The molecule has 0 saturated heterocycles. The lowest BCUT2D eigenvalue weighted by Gasteiger charge is -2.17. The molecular weight excluding hydrogens is 378 g/mol. The molecule has 8 heteroatoms. The van der Waals surface area contributed by atoms with Crippen LogP contribution in [0.15, 0.2) is 61.1 Å². The van der Waals surface area contributed by atoms with Crippen molar-refractivity contribution in [3.05, 3.63) is 89.5 Å². The van der Waals surface area contributed by atoms with E-state index >= 15 is 0 Å². The normalized spacial score (nSPS) is 10.4. The van der Waals surface area contributed by atoms with Crippen molar-refractivity contribution in [1.82, 2.24) is 14.9 Å². The lowest BCUT2D eigenvalue weighted by molar-refractivity contribution is 0.0791. The Morgan fingerprint density at radius 3 is 2.48 bits per heavy atom. The fourth-order valence-electron chi connectivity index (χ4n) is 2.61. The van der Waals surface area contributed by atoms with Gasteiger partial charge in [0.25, 0.3) is 11.8 Å². The van der Waals surface area contributed by atoms with Crippen LogP contribution in [0.1, 0.15) is 26.4 Å². The van der Waals surface area contributed by atoms with Gasteiger partial charge in [0.1, 0.15) is 5.69 Å². The van der Waals surface area contributed by atoms with Crippen molar-refractivity contribution in [2.75, 3.05) is 18.9 Å². The topological polar surface area (TPSA) is 75.2 Å². The van der Waals surface area contributed by atoms with E-state index in [1.807, 2.05) is 12.1 Å². The number of amides is 2. The zero-order chi connectivity index (χ0) is 20.8. The van der Waals surface area contributed by atoms with Gasteiger partial charge in [0.05, 0.1) is 0 Å². The molecule has 1 N–H and O–H groups in total. The van der Waals surface area contributed by atoms with Gasteiger partial charge in [0.2, 0.25) is 0 Å². The number of carbonyl (C=O) groups is 2. The van der Waals surface area contributed by atoms with Crippen molar-refractivity contribution in [2.24, 2.45) is 0 Å². The van der Waals surface area contributed by atoms with Crippen molar-refractivity contribution in [3.8, 4) is 0 Å². The SMILES string of the molecule is CN(CCc1ccncc1)C(=O)c1cc(C(=O)Nc2ccc(F)c(F)c2)ccn1. The van der Waals surface area contributed by atoms with Crippen LogP contribution in [0.4, 0.5) is 14.5 Å². The highest BCUT2D eigenvalue weighted by Crippen LogP contribution is 2.15. The molecule has 2 aromatic heterocycles. The third kappa shape index (κ3) is 5.19. The van der Waals surface area contributed by atoms with Crippen molar-refractivity contribution >= 4 is 17.5 Å². The molecule has 6 nitrogen and oxygen atoms in total. The minimum Gasteiger partial charge on any atom is -0.340 e. The molecule has 0 aliphatic carbocycles. The Hall–Kier alpha value is -3.68. The molecule has 148 valence electrons. The summed E-state index contributed by atoms with van der Waals surface area (Å²) in [5, 5.41) is 2.46. The summed E-state index contributed by atoms with van der Waals surface area (Å²) in [4.78, 5) is 34.5. The maximum absolute atomic E-state index is 13.3. The number of rotatable bonds is 6. The van der Waals surface area contributed by atoms with Gasteiger partial charge in [0.15, 0.2) is 11.6 Å². The fourth-order valence-corrected chi connectivity index (χ4v) is 2.61. The van der Waals surface area contributed by atoms with Gasteiger partial charge in [-0.3, -0.25) is 19.6 Å². The summed E-state index contributed by atoms with van der Waals surface area (Å²) in [6.07, 6.45) is 5.38. The number of nitrogens with zero attached hydrogens (tertiary/aromatic N) is 3. The molecule has 2 amide bonds. The summed E-state index contributed by atoms with van der Waals surface area (Å²) in [6.45, 7) is 0.468. The van der Waals surface area contributed by atoms with E-state index in [4.69, 9.17) is 0 Å². The molecule has 0 unspecified atom stereocenters. The van der Waals surface area contributed by atoms with Crippen molar-refractivity contribution in [2.45, 2.75) is 6.42 Å². The Morgan fingerprint density at radius 1 is 1.00 bits per heavy atom. The van der Waals surface area contributed by atoms with Gasteiger partial charge in [-0.1, -0.05) is 0 Å². The van der Waals surface area contributed by atoms with Crippen molar-refractivity contribution in [1.29, 1.82) is 0 Å². The number of likely N-dealkylation sites (N-methyl/N-ethyl adjacent to an activating group) is 1. The Bertz CT molecular complexity index is 1030. The smallest absolute Gasteiger partial charge is 0.272 e. The second-order valence-corrected chi connectivity index (χ2v) is 6.34. The molecule has 0 fully saturated rings. The summed E-state index contributed by atoms with van der Waals surface area (Å²) in [5.74, 6) is -2.97. The average Bonchev–Trinajstić information content (AvgIpc) is 2.75. The maximum Gasteiger partial charge on any atom is 0.272 e. The number of benzene rings is 1. The Morgan fingerprint density at radius 2 is 1.76 bits per heavy atom. The molecular formula is C21H18F2N4O2. The number of halogens is 2. The highest BCUT2D eigenvalue weighted by Gasteiger charge is 2.16. The quantitative estimate of drug-likeness (QED) is 0.694. The lowest BCUT2D eigenvalue weighted by Crippen LogP contribution is -2.29. The molecule has 0 aliphatic heterocycles. The van der Waals surface area contributed by atoms with Gasteiger partial charge < -0.3 is 10.2 Å². The molecule has 0 aliphatic rings. The summed E-state index contributed by atoms with van der Waals surface area (Å²) in [6, 6.07) is 9.59. The largest absolute Gasteiger partial charge is 0.340 e. The third-order valence-electron chi connectivity index (χ3n) is 4.25. The van der Waals surface area contributed by atoms with Crippen LogP contribution in [-0.4, -0.2) is 40.3 Å².